The second kappa shape index (κ2) is 15.8. The number of hydrogen-bond donors (Lipinski definition) is 4. The Morgan fingerprint density at radius 1 is 0.965 bits per heavy atom. The summed E-state index contributed by atoms with van der Waals surface area (Å²) in [6, 6.07) is 20.6. The molecule has 5 N–H and O–H groups in total. The number of rotatable bonds is 12. The van der Waals surface area contributed by atoms with E-state index in [1.807, 2.05) is 62.4 Å². The van der Waals surface area contributed by atoms with Crippen LogP contribution in [0.25, 0.3) is 10.8 Å². The number of ketones is 2. The Balaban J connectivity index is 0.879. The van der Waals surface area contributed by atoms with Gasteiger partial charge >= 0.3 is 11.9 Å². The molecule has 0 bridgehead atoms. The highest BCUT2D eigenvalue weighted by atomic mass is 16.5. The number of fused-ring (bicyclic) bond motifs is 6. The zero-order valence-electron chi connectivity index (χ0n) is 32.7. The third kappa shape index (κ3) is 7.37. The van der Waals surface area contributed by atoms with Gasteiger partial charge in [0.05, 0.1) is 24.9 Å². The monoisotopic (exact) mass is 776 g/mol. The van der Waals surface area contributed by atoms with E-state index in [0.717, 1.165) is 22.8 Å². The van der Waals surface area contributed by atoms with Gasteiger partial charge in [0.2, 0.25) is 11.7 Å². The van der Waals surface area contributed by atoms with Crippen molar-refractivity contribution in [2.45, 2.75) is 83.5 Å². The first-order valence-corrected chi connectivity index (χ1v) is 20.0. The van der Waals surface area contributed by atoms with E-state index in [9.17, 15) is 34.2 Å². The van der Waals surface area contributed by atoms with Crippen molar-refractivity contribution in [2.24, 2.45) is 40.2 Å². The Kier molecular flexibility index (Phi) is 11.1. The Bertz CT molecular complexity index is 2140. The smallest absolute Gasteiger partial charge is 0.306 e. The summed E-state index contributed by atoms with van der Waals surface area (Å²) >= 11 is 0. The number of Topliss-reactive ketones (excluding diaryl/α,β-unsaturated/α-hetero) is 1. The molecule has 3 aromatic carbocycles. The van der Waals surface area contributed by atoms with Gasteiger partial charge in [-0.1, -0.05) is 87.0 Å². The zero-order chi connectivity index (χ0) is 40.7. The third-order valence-corrected chi connectivity index (χ3v) is 13.8. The predicted octanol–water partition coefficient (Wildman–Crippen LogP) is 5.71. The fourth-order valence-corrected chi connectivity index (χ4v) is 10.8. The first-order chi connectivity index (χ1) is 27.2. The maximum absolute atomic E-state index is 13.8. The van der Waals surface area contributed by atoms with Crippen LogP contribution in [-0.2, 0) is 40.1 Å². The molecule has 7 rings (SSSR count). The van der Waals surface area contributed by atoms with Gasteiger partial charge in [0, 0.05) is 29.0 Å². The normalized spacial score (nSPS) is 30.7. The minimum Gasteiger partial charge on any atom is -0.461 e. The van der Waals surface area contributed by atoms with E-state index < -0.39 is 58.7 Å². The highest BCUT2D eigenvalue weighted by Gasteiger charge is 2.70. The van der Waals surface area contributed by atoms with Gasteiger partial charge in [-0.15, -0.1) is 0 Å². The van der Waals surface area contributed by atoms with Gasteiger partial charge in [-0.2, -0.15) is 0 Å². The highest BCUT2D eigenvalue weighted by molar-refractivity contribution is 6.01. The fraction of sp³-hybridized carbons (Fsp3) is 0.457. The molecule has 3 aromatic rings. The molecule has 4 aliphatic rings. The van der Waals surface area contributed by atoms with Crippen molar-refractivity contribution in [1.29, 1.82) is 0 Å². The highest BCUT2D eigenvalue weighted by Crippen LogP contribution is 2.68. The van der Waals surface area contributed by atoms with E-state index in [0.29, 0.717) is 29.7 Å². The average molecular weight is 777 g/mol. The van der Waals surface area contributed by atoms with Crippen LogP contribution in [0, 0.1) is 34.5 Å². The number of hydrogen-bond acceptors (Lipinski definition) is 10. The molecule has 0 aliphatic heterocycles. The molecule has 300 valence electrons. The summed E-state index contributed by atoms with van der Waals surface area (Å²) in [6.07, 6.45) is 6.05. The summed E-state index contributed by atoms with van der Waals surface area (Å²) in [4.78, 5) is 64.3. The quantitative estimate of drug-likeness (QED) is 0.166. The van der Waals surface area contributed by atoms with Gasteiger partial charge < -0.3 is 30.7 Å². The van der Waals surface area contributed by atoms with Crippen LogP contribution in [0.1, 0.15) is 76.3 Å². The topological polar surface area (TPSA) is 182 Å². The molecular weight excluding hydrogens is 725 g/mol. The first kappa shape index (κ1) is 40.2. The predicted molar refractivity (Wildman–Crippen MR) is 213 cm³/mol. The van der Waals surface area contributed by atoms with Gasteiger partial charge in [0.1, 0.15) is 12.2 Å². The van der Waals surface area contributed by atoms with Crippen LogP contribution >= 0.6 is 0 Å². The van der Waals surface area contributed by atoms with Crippen LogP contribution in [0.5, 0.6) is 0 Å². The summed E-state index contributed by atoms with van der Waals surface area (Å²) in [7, 11) is 0. The number of ether oxygens (including phenoxy) is 2. The maximum Gasteiger partial charge on any atom is 0.306 e. The van der Waals surface area contributed by atoms with E-state index in [1.54, 1.807) is 36.4 Å². The van der Waals surface area contributed by atoms with Gasteiger partial charge in [0.15, 0.2) is 12.4 Å². The van der Waals surface area contributed by atoms with Crippen LogP contribution in [0.2, 0.25) is 0 Å². The van der Waals surface area contributed by atoms with E-state index >= 15 is 0 Å². The Morgan fingerprint density at radius 2 is 1.67 bits per heavy atom. The molecule has 3 fully saturated rings. The van der Waals surface area contributed by atoms with Crippen molar-refractivity contribution in [3.8, 4) is 0 Å². The number of amides is 1. The summed E-state index contributed by atoms with van der Waals surface area (Å²) < 4.78 is 10.7. The van der Waals surface area contributed by atoms with Gasteiger partial charge in [-0.3, -0.25) is 24.0 Å². The van der Waals surface area contributed by atoms with Crippen molar-refractivity contribution in [1.82, 2.24) is 0 Å². The second-order valence-corrected chi connectivity index (χ2v) is 16.9. The van der Waals surface area contributed by atoms with Crippen LogP contribution in [-0.4, -0.2) is 64.5 Å². The number of allylic oxidation sites excluding steroid dienone is 4. The molecule has 4 aliphatic carbocycles. The molecule has 9 atom stereocenters. The lowest BCUT2D eigenvalue weighted by Gasteiger charge is -2.59. The Labute approximate surface area is 332 Å². The van der Waals surface area contributed by atoms with Crippen LogP contribution in [0.15, 0.2) is 90.5 Å². The molecule has 0 unspecified atom stereocenters. The zero-order valence-corrected chi connectivity index (χ0v) is 32.7. The number of nitrogens with one attached hydrogen (secondary N) is 1. The number of nitrogens with two attached hydrogens (primary N) is 1. The van der Waals surface area contributed by atoms with Gasteiger partial charge in [-0.25, -0.2) is 0 Å². The van der Waals surface area contributed by atoms with Crippen molar-refractivity contribution in [2.75, 3.05) is 18.5 Å². The van der Waals surface area contributed by atoms with Crippen LogP contribution < -0.4 is 11.1 Å². The summed E-state index contributed by atoms with van der Waals surface area (Å²) in [5, 5.41) is 28.9. The largest absolute Gasteiger partial charge is 0.461 e. The van der Waals surface area contributed by atoms with Crippen molar-refractivity contribution in [3.05, 3.63) is 102 Å². The van der Waals surface area contributed by atoms with E-state index in [2.05, 4.69) is 12.2 Å². The van der Waals surface area contributed by atoms with Crippen molar-refractivity contribution >= 4 is 45.9 Å². The molecule has 0 heterocycles. The number of aliphatic hydroxyl groups excluding tert-OH is 1. The fourth-order valence-electron chi connectivity index (χ4n) is 10.8. The molecule has 3 saturated carbocycles. The number of carbonyl (C=O) groups excluding carboxylic acids is 5. The minimum atomic E-state index is -1.82. The number of anilines is 1. The molecule has 1 amide bonds. The maximum atomic E-state index is 13.8. The lowest BCUT2D eigenvalue weighted by atomic mass is 9.46. The van der Waals surface area contributed by atoms with E-state index in [1.165, 1.54) is 0 Å². The molecule has 11 heteroatoms. The number of esters is 2. The summed E-state index contributed by atoms with van der Waals surface area (Å²) in [6.45, 7) is 5.18. The lowest BCUT2D eigenvalue weighted by molar-refractivity contribution is -0.186. The molecule has 0 saturated heterocycles. The first-order valence-electron chi connectivity index (χ1n) is 20.0. The number of aliphatic hydroxyl groups is 2. The van der Waals surface area contributed by atoms with Crippen LogP contribution in [0.4, 0.5) is 5.69 Å². The molecule has 11 nitrogen and oxygen atoms in total. The molecule has 0 radical (unpaired) electrons. The van der Waals surface area contributed by atoms with Gasteiger partial charge in [0.25, 0.3) is 0 Å². The third-order valence-electron chi connectivity index (χ3n) is 13.8. The van der Waals surface area contributed by atoms with E-state index in [-0.39, 0.29) is 61.9 Å². The molecule has 57 heavy (non-hydrogen) atoms. The molecule has 0 aromatic heterocycles. The van der Waals surface area contributed by atoms with Gasteiger partial charge in [-0.05, 0) is 89.6 Å². The molecule has 0 spiro atoms. The summed E-state index contributed by atoms with van der Waals surface area (Å²) in [5.41, 5.74) is 5.84. The van der Waals surface area contributed by atoms with E-state index in [4.69, 9.17) is 15.2 Å². The average Bonchev–Trinajstić information content (AvgIpc) is 3.40. The Hall–Kier alpha value is -4.97. The lowest BCUT2D eigenvalue weighted by Crippen LogP contribution is -2.62. The number of benzene rings is 3. The Morgan fingerprint density at radius 3 is 2.39 bits per heavy atom. The van der Waals surface area contributed by atoms with Crippen LogP contribution in [0.3, 0.4) is 0 Å². The standard InChI is InChI=1S/C46H52N2O9/c1-27-20-37-35-15-13-32-22-34(49)18-19-44(32,2)42(35)38(50)23-45(37,3)46(27,55)39(51)26-57-41(53)17-16-40(52)56-25-28-8-10-30(11-9-28)36(24-47)43(54)48-33-14-12-29-6-4-5-7-31(29)21-33/h4-12,14,18-19,21-22,27,35-38,42,50,55H,13,15-17,20,23-26,47H2,1-3H3,(H,48,54)/t27-,35+,36-,37+,38+,42-,44+,45+,46+/m1/s1. The van der Waals surface area contributed by atoms with Crippen molar-refractivity contribution < 1.29 is 43.7 Å². The summed E-state index contributed by atoms with van der Waals surface area (Å²) in [5.74, 6) is -3.48. The second-order valence-electron chi connectivity index (χ2n) is 16.9. The minimum absolute atomic E-state index is 0.0329. The number of carbonyl (C=O) groups is 5. The molecular formula is C46H52N2O9. The SMILES string of the molecule is C[C@@H]1C[C@H]2[C@@H]3CCC4=CC(=O)C=C[C@]4(C)[C@H]3[C@@H](O)C[C@]2(C)[C@@]1(O)C(=O)COC(=O)CCC(=O)OCc1ccc([C@@H](CN)C(=O)Nc2ccc3ccccc3c2)cc1. The van der Waals surface area contributed by atoms with Crippen molar-refractivity contribution in [3.63, 3.8) is 0 Å².